The topological polar surface area (TPSA) is 54.0 Å². The Morgan fingerprint density at radius 1 is 0.521 bits per heavy atom. The van der Waals surface area contributed by atoms with E-state index in [1.807, 2.05) is 18.2 Å². The normalized spacial score (nSPS) is 11.7. The summed E-state index contributed by atoms with van der Waals surface area (Å²) in [7, 11) is 0. The van der Waals surface area contributed by atoms with Crippen LogP contribution in [0.25, 0.3) is 92.2 Å². The highest BCUT2D eigenvalue weighted by atomic mass is 32.1. The number of pyridine rings is 1. The molecule has 0 saturated carbocycles. The zero-order valence-electron chi connectivity index (χ0n) is 25.6. The maximum Gasteiger partial charge on any atom is 0.197 e. The van der Waals surface area contributed by atoms with E-state index in [0.717, 1.165) is 49.2 Å². The van der Waals surface area contributed by atoms with E-state index in [9.17, 15) is 5.26 Å². The van der Waals surface area contributed by atoms with E-state index in [-0.39, 0.29) is 0 Å². The maximum absolute atomic E-state index is 9.44. The average molecular weight is 629 g/mol. The minimum atomic E-state index is 0.657. The SMILES string of the molecule is N#Cc1ccc(-c2c3ccccc3c(-c3cccc4c3sc3nc5c6ccccc6c(-c6ccccc6)nc5n34)c3ccccc23)cc1. The molecule has 0 aliphatic rings. The van der Waals surface area contributed by atoms with E-state index in [0.29, 0.717) is 5.56 Å². The molecule has 0 aliphatic heterocycles. The molecule has 0 fully saturated rings. The first kappa shape index (κ1) is 26.8. The Morgan fingerprint density at radius 3 is 1.79 bits per heavy atom. The molecule has 3 heterocycles. The molecule has 7 aromatic carbocycles. The molecule has 10 aromatic rings. The first-order chi connectivity index (χ1) is 23.8. The second-order valence-corrected chi connectivity index (χ2v) is 13.0. The predicted octanol–water partition coefficient (Wildman–Crippen LogP) is 11.4. The van der Waals surface area contributed by atoms with Gasteiger partial charge >= 0.3 is 0 Å². The van der Waals surface area contributed by atoms with Gasteiger partial charge in [0.25, 0.3) is 0 Å². The molecular weight excluding hydrogens is 605 g/mol. The van der Waals surface area contributed by atoms with Crippen molar-refractivity contribution in [3.63, 3.8) is 0 Å². The summed E-state index contributed by atoms with van der Waals surface area (Å²) in [6, 6.07) is 53.0. The van der Waals surface area contributed by atoms with Crippen molar-refractivity contribution in [3.8, 4) is 39.6 Å². The summed E-state index contributed by atoms with van der Waals surface area (Å²) in [6.07, 6.45) is 0. The highest BCUT2D eigenvalue weighted by Gasteiger charge is 2.22. The van der Waals surface area contributed by atoms with E-state index < -0.39 is 0 Å². The first-order valence-electron chi connectivity index (χ1n) is 15.9. The van der Waals surface area contributed by atoms with E-state index >= 15 is 0 Å². The summed E-state index contributed by atoms with van der Waals surface area (Å²) in [5, 5.41) is 16.4. The number of imidazole rings is 1. The molecule has 0 unspecified atom stereocenters. The van der Waals surface area contributed by atoms with E-state index in [4.69, 9.17) is 9.97 Å². The Labute approximate surface area is 279 Å². The fraction of sp³-hybridized carbons (Fsp3) is 0. The molecule has 3 aromatic heterocycles. The summed E-state index contributed by atoms with van der Waals surface area (Å²) in [5.74, 6) is 0. The predicted molar refractivity (Wildman–Crippen MR) is 199 cm³/mol. The van der Waals surface area contributed by atoms with Gasteiger partial charge in [0.15, 0.2) is 10.6 Å². The Morgan fingerprint density at radius 2 is 1.12 bits per heavy atom. The van der Waals surface area contributed by atoms with Gasteiger partial charge in [-0.05, 0) is 56.4 Å². The third-order valence-corrected chi connectivity index (χ3v) is 10.5. The second-order valence-electron chi connectivity index (χ2n) is 12.1. The Balaban J connectivity index is 1.29. The van der Waals surface area contributed by atoms with Gasteiger partial charge in [0, 0.05) is 21.9 Å². The number of nitrogens with zero attached hydrogens (tertiary/aromatic N) is 4. The molecule has 5 heteroatoms. The number of benzene rings is 7. The van der Waals surface area contributed by atoms with E-state index in [1.165, 1.54) is 42.9 Å². The van der Waals surface area contributed by atoms with Gasteiger partial charge in [-0.3, -0.25) is 4.40 Å². The number of fused-ring (bicyclic) bond motifs is 9. The van der Waals surface area contributed by atoms with Crippen LogP contribution in [0.2, 0.25) is 0 Å². The van der Waals surface area contributed by atoms with Crippen molar-refractivity contribution in [2.24, 2.45) is 0 Å². The third kappa shape index (κ3) is 3.81. The van der Waals surface area contributed by atoms with Crippen molar-refractivity contribution in [1.82, 2.24) is 14.4 Å². The van der Waals surface area contributed by atoms with Crippen LogP contribution in [0.5, 0.6) is 0 Å². The van der Waals surface area contributed by atoms with Crippen molar-refractivity contribution in [1.29, 1.82) is 5.26 Å². The number of hydrogen-bond acceptors (Lipinski definition) is 4. The molecule has 222 valence electrons. The zero-order chi connectivity index (χ0) is 31.8. The number of nitriles is 1. The molecular formula is C43H24N4S. The van der Waals surface area contributed by atoms with Crippen molar-refractivity contribution in [2.75, 3.05) is 0 Å². The fourth-order valence-electron chi connectivity index (χ4n) is 7.38. The summed E-state index contributed by atoms with van der Waals surface area (Å²) < 4.78 is 3.42. The van der Waals surface area contributed by atoms with Crippen LogP contribution in [0.15, 0.2) is 146 Å². The van der Waals surface area contributed by atoms with Gasteiger partial charge in [-0.25, -0.2) is 9.97 Å². The fourth-order valence-corrected chi connectivity index (χ4v) is 8.52. The number of aromatic nitrogens is 3. The smallest absolute Gasteiger partial charge is 0.197 e. The van der Waals surface area contributed by atoms with Crippen LogP contribution in [0, 0.1) is 11.3 Å². The van der Waals surface area contributed by atoms with Crippen molar-refractivity contribution in [2.45, 2.75) is 0 Å². The van der Waals surface area contributed by atoms with Gasteiger partial charge in [0.1, 0.15) is 5.52 Å². The van der Waals surface area contributed by atoms with Gasteiger partial charge in [-0.2, -0.15) is 5.26 Å². The molecule has 0 radical (unpaired) electrons. The van der Waals surface area contributed by atoms with Crippen molar-refractivity contribution in [3.05, 3.63) is 151 Å². The Kier molecular flexibility index (Phi) is 5.77. The van der Waals surface area contributed by atoms with Crippen LogP contribution in [-0.2, 0) is 0 Å². The molecule has 0 amide bonds. The highest BCUT2D eigenvalue weighted by Crippen LogP contribution is 2.47. The lowest BCUT2D eigenvalue weighted by Gasteiger charge is -2.18. The van der Waals surface area contributed by atoms with E-state index in [2.05, 4.69) is 138 Å². The molecule has 4 nitrogen and oxygen atoms in total. The van der Waals surface area contributed by atoms with Crippen LogP contribution in [0.1, 0.15) is 5.56 Å². The molecule has 0 saturated heterocycles. The third-order valence-electron chi connectivity index (χ3n) is 9.46. The first-order valence-corrected chi connectivity index (χ1v) is 16.7. The lowest BCUT2D eigenvalue weighted by molar-refractivity contribution is 1.27. The Bertz CT molecular complexity index is 2890. The van der Waals surface area contributed by atoms with Crippen LogP contribution < -0.4 is 0 Å². The molecule has 0 aliphatic carbocycles. The largest absolute Gasteiger partial charge is 0.267 e. The lowest BCUT2D eigenvalue weighted by atomic mass is 9.86. The number of hydrogen-bond donors (Lipinski definition) is 0. The Hall–Kier alpha value is -6.35. The molecule has 0 spiro atoms. The number of rotatable bonds is 3. The van der Waals surface area contributed by atoms with Crippen molar-refractivity contribution < 1.29 is 0 Å². The van der Waals surface area contributed by atoms with Crippen LogP contribution >= 0.6 is 11.3 Å². The molecule has 0 atom stereocenters. The minimum absolute atomic E-state index is 0.657. The summed E-state index contributed by atoms with van der Waals surface area (Å²) >= 11 is 1.72. The monoisotopic (exact) mass is 628 g/mol. The minimum Gasteiger partial charge on any atom is -0.267 e. The summed E-state index contributed by atoms with van der Waals surface area (Å²) in [6.45, 7) is 0. The molecule has 0 N–H and O–H groups in total. The maximum atomic E-state index is 9.44. The summed E-state index contributed by atoms with van der Waals surface area (Å²) in [4.78, 5) is 11.5. The van der Waals surface area contributed by atoms with Crippen LogP contribution in [-0.4, -0.2) is 14.4 Å². The van der Waals surface area contributed by atoms with Gasteiger partial charge in [-0.1, -0.05) is 139 Å². The molecule has 10 rings (SSSR count). The van der Waals surface area contributed by atoms with Crippen LogP contribution in [0.3, 0.4) is 0 Å². The second kappa shape index (κ2) is 10.3. The van der Waals surface area contributed by atoms with Gasteiger partial charge < -0.3 is 0 Å². The van der Waals surface area contributed by atoms with Gasteiger partial charge in [0.05, 0.1) is 27.5 Å². The number of thiazole rings is 1. The average Bonchev–Trinajstić information content (AvgIpc) is 3.71. The standard InChI is InChI=1S/C43H24N4S/c44-25-26-21-23-27(24-22-26)37-29-13-4-6-15-31(29)38(32-16-7-5-14-30(32)37)35-19-10-20-36-41(35)48-43-46-40-34-18-9-8-17-33(34)39(45-42(40)47(36)43)28-11-2-1-3-12-28/h1-24H. The van der Waals surface area contributed by atoms with Gasteiger partial charge in [0.2, 0.25) is 0 Å². The zero-order valence-corrected chi connectivity index (χ0v) is 26.4. The van der Waals surface area contributed by atoms with Crippen molar-refractivity contribution >= 4 is 70.0 Å². The quantitative estimate of drug-likeness (QED) is 0.183. The van der Waals surface area contributed by atoms with E-state index in [1.54, 1.807) is 11.3 Å². The molecule has 48 heavy (non-hydrogen) atoms. The summed E-state index contributed by atoms with van der Waals surface area (Å²) in [5.41, 5.74) is 10.3. The van der Waals surface area contributed by atoms with Gasteiger partial charge in [-0.15, -0.1) is 0 Å². The van der Waals surface area contributed by atoms with Crippen LogP contribution in [0.4, 0.5) is 0 Å². The molecule has 0 bridgehead atoms. The highest BCUT2D eigenvalue weighted by molar-refractivity contribution is 7.24. The lowest BCUT2D eigenvalue weighted by Crippen LogP contribution is -1.92.